The Morgan fingerprint density at radius 3 is 2.53 bits per heavy atom. The van der Waals surface area contributed by atoms with Crippen LogP contribution >= 0.6 is 11.8 Å². The predicted octanol–water partition coefficient (Wildman–Crippen LogP) is 2.17. The number of aromatic nitrogens is 2. The van der Waals surface area contributed by atoms with Gasteiger partial charge in [0, 0.05) is 18.0 Å². The number of hydrogen-bond acceptors (Lipinski definition) is 6. The zero-order valence-corrected chi connectivity index (χ0v) is 11.0. The van der Waals surface area contributed by atoms with Crippen molar-refractivity contribution >= 4 is 17.5 Å². The van der Waals surface area contributed by atoms with Gasteiger partial charge in [-0.1, -0.05) is 11.8 Å². The maximum absolute atomic E-state index is 11.9. The lowest BCUT2D eigenvalue weighted by atomic mass is 10.1. The van der Waals surface area contributed by atoms with Crippen molar-refractivity contribution in [1.29, 1.82) is 0 Å². The van der Waals surface area contributed by atoms with Crippen molar-refractivity contribution in [2.75, 3.05) is 5.75 Å². The van der Waals surface area contributed by atoms with Gasteiger partial charge in [-0.05, 0) is 30.7 Å². The first-order valence-electron chi connectivity index (χ1n) is 5.53. The number of nitrogens with zero attached hydrogens (tertiary/aromatic N) is 2. The number of carbonyl (C=O) groups is 1. The molecule has 2 aromatic rings. The lowest BCUT2D eigenvalue weighted by molar-refractivity contribution is 0.102. The summed E-state index contributed by atoms with van der Waals surface area (Å²) in [4.78, 5) is 20.1. The minimum atomic E-state index is -0.303. The van der Waals surface area contributed by atoms with E-state index in [0.29, 0.717) is 10.7 Å². The predicted molar refractivity (Wildman–Crippen MR) is 71.6 cm³/mol. The third kappa shape index (κ3) is 3.45. The molecule has 0 amide bonds. The van der Waals surface area contributed by atoms with Crippen molar-refractivity contribution in [3.05, 3.63) is 41.7 Å². The van der Waals surface area contributed by atoms with Crippen molar-refractivity contribution in [3.8, 4) is 11.5 Å². The number of ketones is 1. The highest BCUT2D eigenvalue weighted by atomic mass is 32.2. The Kier molecular flexibility index (Phi) is 4.01. The summed E-state index contributed by atoms with van der Waals surface area (Å²) >= 11 is 1.23. The number of aromatic hydroxyl groups is 2. The first-order valence-corrected chi connectivity index (χ1v) is 6.51. The first-order chi connectivity index (χ1) is 9.06. The summed E-state index contributed by atoms with van der Waals surface area (Å²) in [5, 5.41) is 19.0. The Balaban J connectivity index is 2.01. The Hall–Kier alpha value is -2.08. The van der Waals surface area contributed by atoms with Crippen LogP contribution in [0.2, 0.25) is 0 Å². The van der Waals surface area contributed by atoms with Crippen LogP contribution < -0.4 is 0 Å². The number of Topliss-reactive ketones (excluding diaryl/α,β-unsaturated/α-hetero) is 1. The van der Waals surface area contributed by atoms with Crippen molar-refractivity contribution < 1.29 is 15.0 Å². The van der Waals surface area contributed by atoms with Crippen LogP contribution in [0.3, 0.4) is 0 Å². The van der Waals surface area contributed by atoms with Crippen LogP contribution in [0.1, 0.15) is 15.9 Å². The van der Waals surface area contributed by atoms with Gasteiger partial charge in [0.05, 0.1) is 5.75 Å². The van der Waals surface area contributed by atoms with E-state index in [2.05, 4.69) is 9.97 Å². The van der Waals surface area contributed by atoms with Crippen molar-refractivity contribution in [2.45, 2.75) is 12.1 Å². The third-order valence-corrected chi connectivity index (χ3v) is 3.26. The van der Waals surface area contributed by atoms with E-state index >= 15 is 0 Å². The summed E-state index contributed by atoms with van der Waals surface area (Å²) in [7, 11) is 0. The molecule has 0 bridgehead atoms. The zero-order chi connectivity index (χ0) is 13.8. The second-order valence-corrected chi connectivity index (χ2v) is 4.90. The van der Waals surface area contributed by atoms with Crippen LogP contribution in [-0.4, -0.2) is 31.7 Å². The van der Waals surface area contributed by atoms with Crippen molar-refractivity contribution in [1.82, 2.24) is 9.97 Å². The molecule has 0 saturated heterocycles. The minimum absolute atomic E-state index is 0.163. The molecule has 1 heterocycles. The number of rotatable bonds is 4. The number of carbonyl (C=O) groups excluding carboxylic acids is 1. The highest BCUT2D eigenvalue weighted by Crippen LogP contribution is 2.25. The summed E-state index contributed by atoms with van der Waals surface area (Å²) < 4.78 is 0. The van der Waals surface area contributed by atoms with E-state index < -0.39 is 0 Å². The van der Waals surface area contributed by atoms with Gasteiger partial charge in [-0.3, -0.25) is 4.79 Å². The van der Waals surface area contributed by atoms with E-state index in [9.17, 15) is 15.0 Å². The monoisotopic (exact) mass is 276 g/mol. The summed E-state index contributed by atoms with van der Waals surface area (Å²) in [6, 6.07) is 4.00. The van der Waals surface area contributed by atoms with Crippen LogP contribution in [0.15, 0.2) is 35.7 Å². The maximum Gasteiger partial charge on any atom is 0.187 e. The van der Waals surface area contributed by atoms with E-state index in [-0.39, 0.29) is 23.0 Å². The first kappa shape index (κ1) is 13.4. The van der Waals surface area contributed by atoms with Crippen LogP contribution in [0.4, 0.5) is 0 Å². The molecule has 0 spiro atoms. The summed E-state index contributed by atoms with van der Waals surface area (Å²) in [5.41, 5.74) is 1.30. The summed E-state index contributed by atoms with van der Waals surface area (Å²) in [5.74, 6) is -0.536. The van der Waals surface area contributed by atoms with Crippen LogP contribution in [0, 0.1) is 6.92 Å². The Bertz CT molecular complexity index is 599. The number of aryl methyl sites for hydroxylation is 1. The molecular weight excluding hydrogens is 264 g/mol. The molecule has 0 aliphatic carbocycles. The molecule has 1 aromatic heterocycles. The lowest BCUT2D eigenvalue weighted by Gasteiger charge is -2.03. The summed E-state index contributed by atoms with van der Waals surface area (Å²) in [6.45, 7) is 1.89. The third-order valence-electron chi connectivity index (χ3n) is 2.39. The number of thioether (sulfide) groups is 1. The van der Waals surface area contributed by atoms with Crippen molar-refractivity contribution in [3.63, 3.8) is 0 Å². The lowest BCUT2D eigenvalue weighted by Crippen LogP contribution is -2.03. The summed E-state index contributed by atoms with van der Waals surface area (Å²) in [6.07, 6.45) is 3.37. The molecule has 0 saturated carbocycles. The molecular formula is C13H12N2O3S. The fourth-order valence-corrected chi connectivity index (χ4v) is 2.05. The normalized spacial score (nSPS) is 10.4. The highest BCUT2D eigenvalue weighted by molar-refractivity contribution is 7.99. The Morgan fingerprint density at radius 2 is 1.89 bits per heavy atom. The molecule has 0 fully saturated rings. The van der Waals surface area contributed by atoms with Gasteiger partial charge in [-0.15, -0.1) is 0 Å². The highest BCUT2D eigenvalue weighted by Gasteiger charge is 2.10. The second-order valence-electron chi connectivity index (χ2n) is 3.96. The van der Waals surface area contributed by atoms with Gasteiger partial charge in [0.2, 0.25) is 0 Å². The smallest absolute Gasteiger partial charge is 0.187 e. The molecule has 5 nitrogen and oxygen atoms in total. The van der Waals surface area contributed by atoms with Gasteiger partial charge in [-0.25, -0.2) is 9.97 Å². The average Bonchev–Trinajstić information content (AvgIpc) is 2.41. The molecule has 1 aromatic carbocycles. The van der Waals surface area contributed by atoms with E-state index in [0.717, 1.165) is 5.56 Å². The molecule has 98 valence electrons. The van der Waals surface area contributed by atoms with Crippen LogP contribution in [0.5, 0.6) is 11.5 Å². The van der Waals surface area contributed by atoms with Gasteiger partial charge >= 0.3 is 0 Å². The van der Waals surface area contributed by atoms with Gasteiger partial charge in [0.25, 0.3) is 0 Å². The van der Waals surface area contributed by atoms with E-state index in [1.54, 1.807) is 12.4 Å². The maximum atomic E-state index is 11.9. The number of benzene rings is 1. The fourth-order valence-electron chi connectivity index (χ4n) is 1.37. The molecule has 0 radical (unpaired) electrons. The number of phenols is 2. The zero-order valence-electron chi connectivity index (χ0n) is 10.2. The van der Waals surface area contributed by atoms with E-state index in [1.165, 1.54) is 30.0 Å². The molecule has 19 heavy (non-hydrogen) atoms. The molecule has 0 unspecified atom stereocenters. The number of hydrogen-bond donors (Lipinski definition) is 2. The minimum Gasteiger partial charge on any atom is -0.504 e. The van der Waals surface area contributed by atoms with Gasteiger partial charge < -0.3 is 10.2 Å². The van der Waals surface area contributed by atoms with E-state index in [1.807, 2.05) is 6.92 Å². The molecule has 2 N–H and O–H groups in total. The largest absolute Gasteiger partial charge is 0.504 e. The molecule has 0 aliphatic rings. The fraction of sp³-hybridized carbons (Fsp3) is 0.154. The Morgan fingerprint density at radius 1 is 1.21 bits per heavy atom. The standard InChI is InChI=1S/C13H12N2O3S/c1-8-5-14-13(15-6-8)19-7-12(18)9-2-3-10(16)11(17)4-9/h2-6,16-17H,7H2,1H3. The quantitative estimate of drug-likeness (QED) is 0.385. The molecule has 0 atom stereocenters. The SMILES string of the molecule is Cc1cnc(SCC(=O)c2ccc(O)c(O)c2)nc1. The second kappa shape index (κ2) is 5.71. The van der Waals surface area contributed by atoms with Gasteiger partial charge in [-0.2, -0.15) is 0 Å². The molecule has 0 aliphatic heterocycles. The average molecular weight is 276 g/mol. The number of phenolic OH excluding ortho intramolecular Hbond substituents is 2. The molecule has 2 rings (SSSR count). The van der Waals surface area contributed by atoms with E-state index in [4.69, 9.17) is 0 Å². The molecule has 6 heteroatoms. The topological polar surface area (TPSA) is 83.3 Å². The van der Waals surface area contributed by atoms with Crippen LogP contribution in [-0.2, 0) is 0 Å². The van der Waals surface area contributed by atoms with Crippen LogP contribution in [0.25, 0.3) is 0 Å². The van der Waals surface area contributed by atoms with Gasteiger partial charge in [0.15, 0.2) is 22.4 Å². The Labute approximate surface area is 114 Å². The van der Waals surface area contributed by atoms with Crippen molar-refractivity contribution in [2.24, 2.45) is 0 Å². The van der Waals surface area contributed by atoms with Gasteiger partial charge in [0.1, 0.15) is 0 Å².